The summed E-state index contributed by atoms with van der Waals surface area (Å²) in [7, 11) is 1.87. The number of halogens is 1. The topological polar surface area (TPSA) is 126 Å². The number of nitrogens with two attached hydrogens (primary N) is 1. The van der Waals surface area contributed by atoms with Crippen molar-refractivity contribution in [3.05, 3.63) is 60.1 Å². The number of aliphatic hydroxyl groups is 1. The monoisotopic (exact) mass is 521 g/mol. The number of aliphatic hydroxyl groups excluding tert-OH is 1. The Hall–Kier alpha value is -2.28. The molecule has 0 unspecified atom stereocenters. The molecule has 0 atom stereocenters. The molecule has 12 heteroatoms. The molecule has 186 valence electrons. The third-order valence-corrected chi connectivity index (χ3v) is 6.48. The Kier molecular flexibility index (Phi) is 12.5. The maximum absolute atomic E-state index is 12.4. The normalized spacial score (nSPS) is 12.3. The number of rotatable bonds is 5. The van der Waals surface area contributed by atoms with Crippen molar-refractivity contribution in [1.29, 1.82) is 0 Å². The first-order valence-electron chi connectivity index (χ1n) is 11.2. The van der Waals surface area contributed by atoms with Gasteiger partial charge in [-0.25, -0.2) is 14.4 Å². The number of nitrogens with zero attached hydrogens (tertiary/aromatic N) is 5. The van der Waals surface area contributed by atoms with E-state index in [9.17, 15) is 9.18 Å². The number of hydrogen-bond donors (Lipinski definition) is 3. The Morgan fingerprint density at radius 3 is 2.44 bits per heavy atom. The molecule has 0 aliphatic carbocycles. The fraction of sp³-hybridized carbons (Fsp3) is 0.333. The van der Waals surface area contributed by atoms with Crippen molar-refractivity contribution >= 4 is 34.9 Å². The number of fused-ring (bicyclic) bond motifs is 1. The Morgan fingerprint density at radius 2 is 1.86 bits per heavy atom. The summed E-state index contributed by atoms with van der Waals surface area (Å²) in [5.41, 5.74) is 7.44. The van der Waals surface area contributed by atoms with Gasteiger partial charge in [-0.15, -0.1) is 11.8 Å². The zero-order valence-corrected chi connectivity index (χ0v) is 23.6. The first-order valence-corrected chi connectivity index (χ1v) is 12.0. The molecule has 4 aromatic rings. The number of H-pyrrole nitrogens is 1. The van der Waals surface area contributed by atoms with Gasteiger partial charge in [-0.2, -0.15) is 11.2 Å². The molecule has 36 heavy (non-hydrogen) atoms. The van der Waals surface area contributed by atoms with E-state index < -0.39 is 0 Å². The molecule has 1 aromatic carbocycles. The standard InChI is InChI=1S/C14H12N3OS.C8H10FN3.C2H7NO.Na/c1-9-14(6-11(8-18)17(9)2)19-12-3-4-13-10(5-12)7-15-16-13;9-7-5-10-8(11-6-7)12-3-1-2-4-12;3-1-2-4;/h3-7H,1-2H3,(H,15,16);5-6H,1-4H2;4H,1-3H2;/q-1;;;+1. The summed E-state index contributed by atoms with van der Waals surface area (Å²) >= 11 is 1.64. The summed E-state index contributed by atoms with van der Waals surface area (Å²) in [6, 6.07) is 8.00. The molecule has 1 fully saturated rings. The first-order chi connectivity index (χ1) is 17.0. The van der Waals surface area contributed by atoms with Gasteiger partial charge in [0.15, 0.2) is 5.82 Å². The van der Waals surface area contributed by atoms with Crippen molar-refractivity contribution < 1.29 is 43.8 Å². The number of hydrogen-bond acceptors (Lipinski definition) is 8. The molecule has 3 aromatic heterocycles. The van der Waals surface area contributed by atoms with Crippen LogP contribution in [0, 0.1) is 12.7 Å². The third-order valence-electron chi connectivity index (χ3n) is 5.36. The molecule has 0 saturated carbocycles. The van der Waals surface area contributed by atoms with Gasteiger partial charge in [-0.3, -0.25) is 5.10 Å². The van der Waals surface area contributed by atoms with Crippen molar-refractivity contribution in [3.8, 4) is 0 Å². The van der Waals surface area contributed by atoms with Gasteiger partial charge in [0.2, 0.25) is 5.95 Å². The van der Waals surface area contributed by atoms with Gasteiger partial charge in [0.1, 0.15) is 0 Å². The predicted molar refractivity (Wildman–Crippen MR) is 135 cm³/mol. The molecule has 4 heterocycles. The van der Waals surface area contributed by atoms with Gasteiger partial charge in [-0.1, -0.05) is 5.69 Å². The largest absolute Gasteiger partial charge is 1.00 e. The maximum Gasteiger partial charge on any atom is 1.00 e. The average molecular weight is 522 g/mol. The minimum Gasteiger partial charge on any atom is -0.417 e. The Labute approximate surface area is 236 Å². The van der Waals surface area contributed by atoms with Gasteiger partial charge < -0.3 is 25.1 Å². The second-order valence-corrected chi connectivity index (χ2v) is 8.88. The molecule has 0 spiro atoms. The van der Waals surface area contributed by atoms with Gasteiger partial charge in [-0.05, 0) is 42.9 Å². The third kappa shape index (κ3) is 8.12. The van der Waals surface area contributed by atoms with E-state index in [2.05, 4.69) is 31.1 Å². The van der Waals surface area contributed by atoms with Gasteiger partial charge >= 0.3 is 29.6 Å². The Balaban J connectivity index is 0.000000231. The average Bonchev–Trinajstić information content (AvgIpc) is 3.63. The predicted octanol–water partition coefficient (Wildman–Crippen LogP) is -0.0239. The number of aromatic nitrogens is 5. The van der Waals surface area contributed by atoms with Crippen LogP contribution in [-0.4, -0.2) is 62.4 Å². The second kappa shape index (κ2) is 15.1. The molecule has 5 rings (SSSR count). The van der Waals surface area contributed by atoms with Crippen molar-refractivity contribution in [2.24, 2.45) is 12.8 Å². The van der Waals surface area contributed by atoms with Gasteiger partial charge in [0, 0.05) is 48.9 Å². The van der Waals surface area contributed by atoms with E-state index in [-0.39, 0.29) is 42.0 Å². The quantitative estimate of drug-likeness (QED) is 0.247. The molecular weight excluding hydrogens is 492 g/mol. The molecular formula is C24H29FN7NaO2S. The van der Waals surface area contributed by atoms with E-state index in [0.29, 0.717) is 18.2 Å². The molecule has 1 saturated heterocycles. The Bertz CT molecular complexity index is 1230. The minimum absolute atomic E-state index is 0. The summed E-state index contributed by atoms with van der Waals surface area (Å²) < 4.78 is 14.3. The van der Waals surface area contributed by atoms with Crippen LogP contribution in [0.4, 0.5) is 10.3 Å². The van der Waals surface area contributed by atoms with Crippen LogP contribution >= 0.6 is 11.8 Å². The van der Waals surface area contributed by atoms with Crippen molar-refractivity contribution in [1.82, 2.24) is 24.7 Å². The zero-order chi connectivity index (χ0) is 25.2. The fourth-order valence-corrected chi connectivity index (χ4v) is 4.40. The summed E-state index contributed by atoms with van der Waals surface area (Å²) in [4.78, 5) is 22.9. The first kappa shape index (κ1) is 29.9. The number of aromatic amines is 1. The van der Waals surface area contributed by atoms with E-state index in [1.165, 1.54) is 25.2 Å². The van der Waals surface area contributed by atoms with Crippen LogP contribution in [0.15, 0.2) is 52.6 Å². The molecule has 1 aliphatic rings. The van der Waals surface area contributed by atoms with Crippen LogP contribution in [0.25, 0.3) is 10.9 Å². The van der Waals surface area contributed by atoms with E-state index in [4.69, 9.17) is 10.8 Å². The van der Waals surface area contributed by atoms with Crippen molar-refractivity contribution in [2.75, 3.05) is 31.1 Å². The summed E-state index contributed by atoms with van der Waals surface area (Å²) in [6.07, 6.45) is 8.54. The summed E-state index contributed by atoms with van der Waals surface area (Å²) in [5, 5.41) is 15.8. The summed E-state index contributed by atoms with van der Waals surface area (Å²) in [5.74, 6) is 0.270. The van der Waals surface area contributed by atoms with E-state index >= 15 is 0 Å². The molecule has 4 N–H and O–H groups in total. The molecule has 1 aliphatic heterocycles. The smallest absolute Gasteiger partial charge is 0.417 e. The van der Waals surface area contributed by atoms with Crippen LogP contribution in [0.2, 0.25) is 0 Å². The Morgan fingerprint density at radius 1 is 1.19 bits per heavy atom. The maximum atomic E-state index is 12.4. The van der Waals surface area contributed by atoms with Gasteiger partial charge in [0.05, 0.1) is 30.7 Å². The van der Waals surface area contributed by atoms with E-state index in [1.807, 2.05) is 49.2 Å². The van der Waals surface area contributed by atoms with Crippen molar-refractivity contribution in [3.63, 3.8) is 0 Å². The molecule has 0 amide bonds. The SMILES string of the molecule is Cc1c(Sc2ccc3[nH]ncc3c2)cc([C-]=O)n1C.Fc1cnc(N2CCCC2)nc1.NCCO.[Na+]. The fourth-order valence-electron chi connectivity index (χ4n) is 3.37. The number of anilines is 1. The number of carbonyl (C=O) groups excluding carboxylic acids is 1. The van der Waals surface area contributed by atoms with Crippen LogP contribution in [-0.2, 0) is 11.8 Å². The number of nitrogens with one attached hydrogen (secondary N) is 1. The number of benzene rings is 1. The van der Waals surface area contributed by atoms with Crippen LogP contribution in [0.3, 0.4) is 0 Å². The summed E-state index contributed by atoms with van der Waals surface area (Å²) in [6.45, 7) is 4.46. The zero-order valence-electron chi connectivity index (χ0n) is 20.7. The minimum atomic E-state index is -0.377. The van der Waals surface area contributed by atoms with Crippen LogP contribution in [0.5, 0.6) is 0 Å². The molecule has 0 bridgehead atoms. The van der Waals surface area contributed by atoms with Gasteiger partial charge in [0.25, 0.3) is 0 Å². The van der Waals surface area contributed by atoms with Crippen LogP contribution in [0.1, 0.15) is 24.2 Å². The molecule has 0 radical (unpaired) electrons. The second-order valence-electron chi connectivity index (χ2n) is 7.77. The van der Waals surface area contributed by atoms with Crippen molar-refractivity contribution in [2.45, 2.75) is 29.6 Å². The molecule has 9 nitrogen and oxygen atoms in total. The van der Waals surface area contributed by atoms with E-state index in [0.717, 1.165) is 39.5 Å². The van der Waals surface area contributed by atoms with Crippen LogP contribution < -0.4 is 40.2 Å². The van der Waals surface area contributed by atoms with E-state index in [1.54, 1.807) is 11.8 Å².